The molecule has 3 N–H and O–H groups in total. The van der Waals surface area contributed by atoms with Gasteiger partial charge in [0.1, 0.15) is 0 Å². The van der Waals surface area contributed by atoms with Crippen molar-refractivity contribution in [3.8, 4) is 0 Å². The Bertz CT molecular complexity index is 496. The lowest BCUT2D eigenvalue weighted by Gasteiger charge is -2.13. The van der Waals surface area contributed by atoms with Crippen LogP contribution in [0.5, 0.6) is 0 Å². The maximum Gasteiger partial charge on any atom is 0.469 e. The number of imide groups is 1. The topological polar surface area (TPSA) is 133 Å². The number of rotatable bonds is 11. The summed E-state index contributed by atoms with van der Waals surface area (Å²) < 4.78 is 14.7. The molecule has 1 rings (SSSR count). The van der Waals surface area contributed by atoms with Gasteiger partial charge >= 0.3 is 7.82 Å². The molecule has 0 saturated carbocycles. The first-order valence-electron chi connectivity index (χ1n) is 7.30. The molecule has 0 bridgehead atoms. The van der Waals surface area contributed by atoms with E-state index in [9.17, 15) is 18.9 Å². The number of hydrogen-bond donors (Lipinski definition) is 3. The van der Waals surface area contributed by atoms with Crippen LogP contribution in [0, 0.1) is 0 Å². The predicted octanol–water partition coefficient (Wildman–Crippen LogP) is 0.0874. The minimum atomic E-state index is -4.38. The number of nitrogens with one attached hydrogen (secondary N) is 1. The molecule has 0 aromatic carbocycles. The van der Waals surface area contributed by atoms with Gasteiger partial charge in [0, 0.05) is 31.7 Å². The first kappa shape index (κ1) is 19.5. The van der Waals surface area contributed by atoms with Gasteiger partial charge in [0.15, 0.2) is 0 Å². The summed E-state index contributed by atoms with van der Waals surface area (Å²) in [5.41, 5.74) is 0. The van der Waals surface area contributed by atoms with Gasteiger partial charge in [-0.05, 0) is 12.8 Å². The van der Waals surface area contributed by atoms with Gasteiger partial charge in [-0.2, -0.15) is 0 Å². The Kier molecular flexibility index (Phi) is 8.11. The fraction of sp³-hybridized carbons (Fsp3) is 0.615. The molecule has 0 atom stereocenters. The molecule has 0 radical (unpaired) electrons. The highest BCUT2D eigenvalue weighted by atomic mass is 31.2. The van der Waals surface area contributed by atoms with Crippen LogP contribution in [-0.4, -0.2) is 52.1 Å². The van der Waals surface area contributed by atoms with Crippen LogP contribution in [0.25, 0.3) is 0 Å². The molecule has 10 heteroatoms. The van der Waals surface area contributed by atoms with Crippen LogP contribution in [0.2, 0.25) is 0 Å². The predicted molar refractivity (Wildman–Crippen MR) is 80.0 cm³/mol. The van der Waals surface area contributed by atoms with E-state index in [1.165, 1.54) is 12.2 Å². The number of carbonyl (C=O) groups is 3. The summed E-state index contributed by atoms with van der Waals surface area (Å²) in [5, 5.41) is 2.69. The van der Waals surface area contributed by atoms with Gasteiger partial charge in [-0.25, -0.2) is 4.57 Å². The first-order chi connectivity index (χ1) is 10.8. The fourth-order valence-corrected chi connectivity index (χ4v) is 2.31. The molecule has 1 aliphatic heterocycles. The molecule has 0 aromatic heterocycles. The van der Waals surface area contributed by atoms with E-state index >= 15 is 0 Å². The van der Waals surface area contributed by atoms with E-state index in [1.54, 1.807) is 0 Å². The number of phosphoric ester groups is 1. The fourth-order valence-electron chi connectivity index (χ4n) is 1.95. The SMILES string of the molecule is O=C(CCN1C(=O)C=CC1=O)NCCCCCCOP(=O)(O)O. The Balaban J connectivity index is 1.97. The van der Waals surface area contributed by atoms with Crippen molar-refractivity contribution in [1.29, 1.82) is 0 Å². The van der Waals surface area contributed by atoms with Crippen molar-refractivity contribution in [2.24, 2.45) is 0 Å². The average molecular weight is 348 g/mol. The van der Waals surface area contributed by atoms with Crippen molar-refractivity contribution < 1.29 is 33.3 Å². The van der Waals surface area contributed by atoms with Crippen LogP contribution in [0.3, 0.4) is 0 Å². The third-order valence-corrected chi connectivity index (χ3v) is 3.63. The van der Waals surface area contributed by atoms with E-state index in [2.05, 4.69) is 9.84 Å². The molecule has 1 aliphatic rings. The van der Waals surface area contributed by atoms with E-state index in [4.69, 9.17) is 9.79 Å². The quantitative estimate of drug-likeness (QED) is 0.274. The summed E-state index contributed by atoms with van der Waals surface area (Å²) in [7, 11) is -4.38. The van der Waals surface area contributed by atoms with Crippen molar-refractivity contribution in [3.63, 3.8) is 0 Å². The third kappa shape index (κ3) is 8.61. The van der Waals surface area contributed by atoms with Crippen LogP contribution in [0.15, 0.2) is 12.2 Å². The van der Waals surface area contributed by atoms with E-state index < -0.39 is 19.6 Å². The summed E-state index contributed by atoms with van der Waals surface area (Å²) >= 11 is 0. The van der Waals surface area contributed by atoms with Gasteiger partial charge in [0.25, 0.3) is 11.8 Å². The van der Waals surface area contributed by atoms with Crippen LogP contribution >= 0.6 is 7.82 Å². The summed E-state index contributed by atoms with van der Waals surface area (Å²) in [5.74, 6) is -1.04. The van der Waals surface area contributed by atoms with Crippen molar-refractivity contribution >= 4 is 25.5 Å². The number of phosphoric acid groups is 1. The van der Waals surface area contributed by atoms with Crippen molar-refractivity contribution in [1.82, 2.24) is 10.2 Å². The Morgan fingerprint density at radius 3 is 2.35 bits per heavy atom. The van der Waals surface area contributed by atoms with Gasteiger partial charge in [0.05, 0.1) is 6.61 Å². The average Bonchev–Trinajstić information content (AvgIpc) is 2.77. The van der Waals surface area contributed by atoms with E-state index in [0.717, 1.165) is 24.2 Å². The molecule has 0 aliphatic carbocycles. The Morgan fingerprint density at radius 2 is 1.74 bits per heavy atom. The smallest absolute Gasteiger partial charge is 0.356 e. The molecule has 3 amide bonds. The lowest BCUT2D eigenvalue weighted by Crippen LogP contribution is -2.34. The largest absolute Gasteiger partial charge is 0.469 e. The Morgan fingerprint density at radius 1 is 1.13 bits per heavy atom. The normalized spacial score (nSPS) is 14.6. The van der Waals surface area contributed by atoms with Crippen LogP contribution < -0.4 is 5.32 Å². The van der Waals surface area contributed by atoms with Crippen molar-refractivity contribution in [2.45, 2.75) is 32.1 Å². The zero-order valence-corrected chi connectivity index (χ0v) is 13.5. The molecule has 0 aromatic rings. The number of hydrogen-bond acceptors (Lipinski definition) is 5. The minimum Gasteiger partial charge on any atom is -0.356 e. The highest BCUT2D eigenvalue weighted by molar-refractivity contribution is 7.46. The summed E-state index contributed by atoms with van der Waals surface area (Å²) in [6.07, 6.45) is 5.20. The maximum atomic E-state index is 11.6. The molecule has 23 heavy (non-hydrogen) atoms. The number of nitrogens with zero attached hydrogens (tertiary/aromatic N) is 1. The number of unbranched alkanes of at least 4 members (excludes halogenated alkanes) is 3. The van der Waals surface area contributed by atoms with Gasteiger partial charge in [-0.3, -0.25) is 23.8 Å². The molecular weight excluding hydrogens is 327 g/mol. The molecular formula is C13H21N2O7P. The van der Waals surface area contributed by atoms with Gasteiger partial charge in [-0.15, -0.1) is 0 Å². The monoisotopic (exact) mass is 348 g/mol. The Hall–Kier alpha value is -1.54. The van der Waals surface area contributed by atoms with Gasteiger partial charge < -0.3 is 15.1 Å². The second-order valence-corrected chi connectivity index (χ2v) is 6.24. The molecule has 0 spiro atoms. The van der Waals surface area contributed by atoms with Crippen LogP contribution in [0.1, 0.15) is 32.1 Å². The standard InChI is InChI=1S/C13H21N2O7P/c16-11(7-9-15-12(17)5-6-13(15)18)14-8-3-1-2-4-10-22-23(19,20)21/h5-6H,1-4,7-10H2,(H,14,16)(H2,19,20,21). The zero-order valence-electron chi connectivity index (χ0n) is 12.6. The molecule has 0 fully saturated rings. The molecule has 130 valence electrons. The van der Waals surface area contributed by atoms with Crippen molar-refractivity contribution in [2.75, 3.05) is 19.7 Å². The highest BCUT2D eigenvalue weighted by Gasteiger charge is 2.23. The lowest BCUT2D eigenvalue weighted by molar-refractivity contribution is -0.137. The summed E-state index contributed by atoms with van der Waals surface area (Å²) in [4.78, 5) is 52.1. The summed E-state index contributed by atoms with van der Waals surface area (Å²) in [6.45, 7) is 0.539. The Labute approximate surface area is 133 Å². The highest BCUT2D eigenvalue weighted by Crippen LogP contribution is 2.35. The van der Waals surface area contributed by atoms with E-state index in [-0.39, 0.29) is 25.5 Å². The molecule has 9 nitrogen and oxygen atoms in total. The molecule has 0 unspecified atom stereocenters. The second-order valence-electron chi connectivity index (χ2n) is 5.00. The lowest BCUT2D eigenvalue weighted by atomic mass is 10.2. The molecule has 1 heterocycles. The van der Waals surface area contributed by atoms with E-state index in [1.807, 2.05) is 0 Å². The van der Waals surface area contributed by atoms with Crippen LogP contribution in [-0.2, 0) is 23.5 Å². The minimum absolute atomic E-state index is 0.00254. The third-order valence-electron chi connectivity index (χ3n) is 3.12. The molecule has 0 saturated heterocycles. The maximum absolute atomic E-state index is 11.6. The summed E-state index contributed by atoms with van der Waals surface area (Å²) in [6, 6.07) is 0. The van der Waals surface area contributed by atoms with Crippen LogP contribution in [0.4, 0.5) is 0 Å². The zero-order chi connectivity index (χ0) is 17.3. The van der Waals surface area contributed by atoms with Crippen molar-refractivity contribution in [3.05, 3.63) is 12.2 Å². The first-order valence-corrected chi connectivity index (χ1v) is 8.83. The number of amides is 3. The van der Waals surface area contributed by atoms with Gasteiger partial charge in [0.2, 0.25) is 5.91 Å². The number of carbonyl (C=O) groups excluding carboxylic acids is 3. The van der Waals surface area contributed by atoms with E-state index in [0.29, 0.717) is 13.0 Å². The van der Waals surface area contributed by atoms with Gasteiger partial charge in [-0.1, -0.05) is 12.8 Å². The second kappa shape index (κ2) is 9.57.